The first-order chi connectivity index (χ1) is 7.93. The Hall–Kier alpha value is -1.73. The molecule has 0 saturated heterocycles. The van der Waals surface area contributed by atoms with E-state index in [4.69, 9.17) is 5.11 Å². The molecule has 1 rings (SSSR count). The van der Waals surface area contributed by atoms with Crippen molar-refractivity contribution in [2.45, 2.75) is 13.1 Å². The standard InChI is InChI=1S/C13H11F3O/c1-10(8-9-17)2-3-11-4-6-12(7-5-11)13(14,15)16/h4-8,17H,9H2,1H3/b10-8-. The Bertz CT molecular complexity index is 458. The summed E-state index contributed by atoms with van der Waals surface area (Å²) in [6, 6.07) is 4.63. The van der Waals surface area contributed by atoms with Gasteiger partial charge in [-0.15, -0.1) is 0 Å². The third kappa shape index (κ3) is 4.33. The maximum absolute atomic E-state index is 12.3. The molecule has 0 radical (unpaired) electrons. The number of hydrogen-bond donors (Lipinski definition) is 1. The molecule has 1 N–H and O–H groups in total. The van der Waals surface area contributed by atoms with Crippen molar-refractivity contribution in [2.75, 3.05) is 6.61 Å². The summed E-state index contributed by atoms with van der Waals surface area (Å²) in [5, 5.41) is 8.59. The molecule has 0 atom stereocenters. The molecule has 0 heterocycles. The minimum absolute atomic E-state index is 0.104. The van der Waals surface area contributed by atoms with Crippen molar-refractivity contribution in [3.05, 3.63) is 47.0 Å². The summed E-state index contributed by atoms with van der Waals surface area (Å²) in [7, 11) is 0. The lowest BCUT2D eigenvalue weighted by Gasteiger charge is -2.05. The molecule has 0 aliphatic carbocycles. The third-order valence-corrected chi connectivity index (χ3v) is 2.01. The number of alkyl halides is 3. The molecule has 0 unspecified atom stereocenters. The first-order valence-electron chi connectivity index (χ1n) is 4.90. The first kappa shape index (κ1) is 13.3. The Morgan fingerprint density at radius 2 is 1.88 bits per heavy atom. The SMILES string of the molecule is C/C(C#Cc1ccc(C(F)(F)F)cc1)=C/CO. The molecule has 4 heteroatoms. The van der Waals surface area contributed by atoms with E-state index in [0.717, 1.165) is 12.1 Å². The molecule has 0 bridgehead atoms. The van der Waals surface area contributed by atoms with Crippen LogP contribution in [0.1, 0.15) is 18.1 Å². The van der Waals surface area contributed by atoms with Crippen molar-refractivity contribution in [3.8, 4) is 11.8 Å². The van der Waals surface area contributed by atoms with E-state index in [0.29, 0.717) is 11.1 Å². The van der Waals surface area contributed by atoms with Crippen LogP contribution in [0.3, 0.4) is 0 Å². The number of rotatable bonds is 1. The lowest BCUT2D eigenvalue weighted by molar-refractivity contribution is -0.137. The zero-order valence-corrected chi connectivity index (χ0v) is 9.17. The van der Waals surface area contributed by atoms with Crippen LogP contribution in [0.2, 0.25) is 0 Å². The van der Waals surface area contributed by atoms with Crippen LogP contribution < -0.4 is 0 Å². The first-order valence-corrected chi connectivity index (χ1v) is 4.90. The average molecular weight is 240 g/mol. The lowest BCUT2D eigenvalue weighted by atomic mass is 10.1. The van der Waals surface area contributed by atoms with Gasteiger partial charge in [0.2, 0.25) is 0 Å². The molecule has 90 valence electrons. The number of allylic oxidation sites excluding steroid dienone is 1. The predicted octanol–water partition coefficient (Wildman–Crippen LogP) is 3.00. The van der Waals surface area contributed by atoms with Gasteiger partial charge < -0.3 is 5.11 Å². The molecule has 0 aromatic heterocycles. The average Bonchev–Trinajstić information content (AvgIpc) is 2.26. The number of aliphatic hydroxyl groups excluding tert-OH is 1. The van der Waals surface area contributed by atoms with Gasteiger partial charge in [0.25, 0.3) is 0 Å². The van der Waals surface area contributed by atoms with Crippen molar-refractivity contribution in [2.24, 2.45) is 0 Å². The summed E-state index contributed by atoms with van der Waals surface area (Å²) in [5.74, 6) is 5.44. The Labute approximate surface area is 97.6 Å². The topological polar surface area (TPSA) is 20.2 Å². The maximum atomic E-state index is 12.3. The van der Waals surface area contributed by atoms with Crippen LogP contribution in [-0.2, 0) is 6.18 Å². The molecule has 0 fully saturated rings. The molecule has 0 saturated carbocycles. The molecular weight excluding hydrogens is 229 g/mol. The van der Waals surface area contributed by atoms with E-state index in [1.807, 2.05) is 0 Å². The zero-order valence-electron chi connectivity index (χ0n) is 9.17. The zero-order chi connectivity index (χ0) is 12.9. The molecule has 0 aliphatic heterocycles. The summed E-state index contributed by atoms with van der Waals surface area (Å²) in [4.78, 5) is 0. The van der Waals surface area contributed by atoms with Gasteiger partial charge in [0.1, 0.15) is 0 Å². The van der Waals surface area contributed by atoms with Gasteiger partial charge in [-0.3, -0.25) is 0 Å². The molecule has 0 aliphatic rings. The van der Waals surface area contributed by atoms with Gasteiger partial charge >= 0.3 is 6.18 Å². The molecular formula is C13H11F3O. The molecule has 0 spiro atoms. The molecule has 1 aromatic carbocycles. The highest BCUT2D eigenvalue weighted by atomic mass is 19.4. The van der Waals surface area contributed by atoms with E-state index in [1.165, 1.54) is 18.2 Å². The van der Waals surface area contributed by atoms with E-state index < -0.39 is 11.7 Å². The fourth-order valence-corrected chi connectivity index (χ4v) is 1.10. The highest BCUT2D eigenvalue weighted by Gasteiger charge is 2.29. The minimum atomic E-state index is -4.32. The number of halogens is 3. The largest absolute Gasteiger partial charge is 0.416 e. The van der Waals surface area contributed by atoms with E-state index >= 15 is 0 Å². The number of aliphatic hydroxyl groups is 1. The summed E-state index contributed by atoms with van der Waals surface area (Å²) >= 11 is 0. The van der Waals surface area contributed by atoms with Crippen LogP contribution in [-0.4, -0.2) is 11.7 Å². The molecule has 0 amide bonds. The van der Waals surface area contributed by atoms with Crippen LogP contribution in [0.25, 0.3) is 0 Å². The van der Waals surface area contributed by atoms with E-state index in [-0.39, 0.29) is 6.61 Å². The fourth-order valence-electron chi connectivity index (χ4n) is 1.10. The summed E-state index contributed by atoms with van der Waals surface area (Å²) in [5.41, 5.74) is 0.488. The van der Waals surface area contributed by atoms with Crippen molar-refractivity contribution in [1.82, 2.24) is 0 Å². The van der Waals surface area contributed by atoms with Crippen molar-refractivity contribution < 1.29 is 18.3 Å². The van der Waals surface area contributed by atoms with Gasteiger partial charge in [-0.1, -0.05) is 11.8 Å². The van der Waals surface area contributed by atoms with Crippen molar-refractivity contribution >= 4 is 0 Å². The predicted molar refractivity (Wildman–Crippen MR) is 59.2 cm³/mol. The lowest BCUT2D eigenvalue weighted by Crippen LogP contribution is -2.04. The molecule has 1 aromatic rings. The van der Waals surface area contributed by atoms with E-state index in [2.05, 4.69) is 11.8 Å². The van der Waals surface area contributed by atoms with Crippen LogP contribution in [0, 0.1) is 11.8 Å². The van der Waals surface area contributed by atoms with Crippen molar-refractivity contribution in [3.63, 3.8) is 0 Å². The van der Waals surface area contributed by atoms with Gasteiger partial charge in [-0.05, 0) is 42.8 Å². The normalized spacial score (nSPS) is 11.9. The highest BCUT2D eigenvalue weighted by Crippen LogP contribution is 2.28. The Kier molecular flexibility index (Phi) is 4.36. The monoisotopic (exact) mass is 240 g/mol. The second-order valence-corrected chi connectivity index (χ2v) is 3.39. The van der Waals surface area contributed by atoms with Gasteiger partial charge in [-0.2, -0.15) is 13.2 Å². The highest BCUT2D eigenvalue weighted by molar-refractivity contribution is 5.41. The fraction of sp³-hybridized carbons (Fsp3) is 0.231. The van der Waals surface area contributed by atoms with Gasteiger partial charge in [0.05, 0.1) is 12.2 Å². The summed E-state index contributed by atoms with van der Waals surface area (Å²) in [6.45, 7) is 1.61. The minimum Gasteiger partial charge on any atom is -0.392 e. The Morgan fingerprint density at radius 1 is 1.29 bits per heavy atom. The van der Waals surface area contributed by atoms with Crippen LogP contribution in [0.4, 0.5) is 13.2 Å². The Balaban J connectivity index is 2.86. The van der Waals surface area contributed by atoms with Crippen LogP contribution in [0.5, 0.6) is 0 Å². The van der Waals surface area contributed by atoms with Crippen LogP contribution >= 0.6 is 0 Å². The quantitative estimate of drug-likeness (QED) is 0.748. The summed E-state index contributed by atoms with van der Waals surface area (Å²) in [6.07, 6.45) is -2.80. The second-order valence-electron chi connectivity index (χ2n) is 3.39. The molecule has 1 nitrogen and oxygen atoms in total. The molecule has 17 heavy (non-hydrogen) atoms. The third-order valence-electron chi connectivity index (χ3n) is 2.01. The smallest absolute Gasteiger partial charge is 0.392 e. The number of hydrogen-bond acceptors (Lipinski definition) is 1. The van der Waals surface area contributed by atoms with Gasteiger partial charge in [0, 0.05) is 5.56 Å². The van der Waals surface area contributed by atoms with Gasteiger partial charge in [-0.25, -0.2) is 0 Å². The van der Waals surface area contributed by atoms with Crippen LogP contribution in [0.15, 0.2) is 35.9 Å². The number of benzene rings is 1. The van der Waals surface area contributed by atoms with Gasteiger partial charge in [0.15, 0.2) is 0 Å². The van der Waals surface area contributed by atoms with Crippen molar-refractivity contribution in [1.29, 1.82) is 0 Å². The Morgan fingerprint density at radius 3 is 2.35 bits per heavy atom. The second kappa shape index (κ2) is 5.55. The maximum Gasteiger partial charge on any atom is 0.416 e. The summed E-state index contributed by atoms with van der Waals surface area (Å²) < 4.78 is 36.8. The van der Waals surface area contributed by atoms with E-state index in [1.54, 1.807) is 6.92 Å². The van der Waals surface area contributed by atoms with E-state index in [9.17, 15) is 13.2 Å².